The number of furan rings is 1. The highest BCUT2D eigenvalue weighted by atomic mass is 35.5. The summed E-state index contributed by atoms with van der Waals surface area (Å²) in [5, 5.41) is 0. The molecule has 0 radical (unpaired) electrons. The number of hydrogen-bond donors (Lipinski definition) is 0. The number of likely N-dealkylation sites (N-methyl/N-ethyl adjacent to an activating group) is 1. The topological polar surface area (TPSA) is 42.7 Å². The number of rotatable bonds is 6. The monoisotopic (exact) mass is 335 g/mol. The molecule has 0 aliphatic heterocycles. The number of halogens is 1. The summed E-state index contributed by atoms with van der Waals surface area (Å²) >= 11 is 5.81. The van der Waals surface area contributed by atoms with Gasteiger partial charge in [0.2, 0.25) is 0 Å². The molecule has 0 unspecified atom stereocenters. The number of carbonyl (C=O) groups excluding carboxylic acids is 1. The van der Waals surface area contributed by atoms with E-state index >= 15 is 0 Å². The Morgan fingerprint density at radius 3 is 2.48 bits per heavy atom. The Bertz CT molecular complexity index is 673. The minimum Gasteiger partial charge on any atom is -0.491 e. The van der Waals surface area contributed by atoms with Gasteiger partial charge < -0.3 is 14.1 Å². The molecule has 0 saturated carbocycles. The molecule has 0 N–H and O–H groups in total. The molecule has 1 aromatic heterocycles. The second-order valence-corrected chi connectivity index (χ2v) is 5.89. The smallest absolute Gasteiger partial charge is 0.289 e. The maximum Gasteiger partial charge on any atom is 0.289 e. The Hall–Kier alpha value is -1.94. The van der Waals surface area contributed by atoms with Gasteiger partial charge in [0.1, 0.15) is 18.1 Å². The van der Waals surface area contributed by atoms with Gasteiger partial charge in [-0.25, -0.2) is 0 Å². The highest BCUT2D eigenvalue weighted by Crippen LogP contribution is 2.22. The standard InChI is InChI=1S/C18H22ClNO3/c1-12-6-5-7-13(2)17(12)22-9-8-20(4)18(21)16-10-15(11-19)14(3)23-16/h5-7,10H,8-9,11H2,1-4H3. The molecular formula is C18H22ClNO3. The van der Waals surface area contributed by atoms with Gasteiger partial charge >= 0.3 is 0 Å². The molecule has 0 saturated heterocycles. The van der Waals surface area contributed by atoms with E-state index in [-0.39, 0.29) is 5.91 Å². The molecule has 0 aliphatic rings. The summed E-state index contributed by atoms with van der Waals surface area (Å²) in [7, 11) is 1.73. The van der Waals surface area contributed by atoms with Crippen molar-refractivity contribution in [3.05, 3.63) is 52.5 Å². The van der Waals surface area contributed by atoms with Crippen molar-refractivity contribution in [1.29, 1.82) is 0 Å². The lowest BCUT2D eigenvalue weighted by Crippen LogP contribution is -2.30. The quantitative estimate of drug-likeness (QED) is 0.746. The van der Waals surface area contributed by atoms with Gasteiger partial charge in [0.25, 0.3) is 5.91 Å². The van der Waals surface area contributed by atoms with Crippen molar-refractivity contribution in [3.63, 3.8) is 0 Å². The van der Waals surface area contributed by atoms with E-state index in [0.29, 0.717) is 30.6 Å². The molecule has 0 bridgehead atoms. The zero-order chi connectivity index (χ0) is 17.0. The Balaban J connectivity index is 1.94. The van der Waals surface area contributed by atoms with Crippen molar-refractivity contribution in [2.24, 2.45) is 0 Å². The first kappa shape index (κ1) is 17.4. The third-order valence-electron chi connectivity index (χ3n) is 3.80. The van der Waals surface area contributed by atoms with Crippen LogP contribution in [0.1, 0.15) is 33.0 Å². The van der Waals surface area contributed by atoms with E-state index in [0.717, 1.165) is 22.4 Å². The fourth-order valence-electron chi connectivity index (χ4n) is 2.36. The fourth-order valence-corrected chi connectivity index (χ4v) is 2.62. The van der Waals surface area contributed by atoms with Crippen molar-refractivity contribution >= 4 is 17.5 Å². The van der Waals surface area contributed by atoms with Crippen molar-refractivity contribution in [2.75, 3.05) is 20.2 Å². The van der Waals surface area contributed by atoms with Gasteiger partial charge in [-0.15, -0.1) is 11.6 Å². The highest BCUT2D eigenvalue weighted by molar-refractivity contribution is 6.17. The van der Waals surface area contributed by atoms with Crippen LogP contribution < -0.4 is 4.74 Å². The molecule has 0 spiro atoms. The molecule has 1 amide bonds. The second kappa shape index (κ2) is 7.55. The predicted molar refractivity (Wildman–Crippen MR) is 91.4 cm³/mol. The first-order valence-electron chi connectivity index (χ1n) is 7.53. The van der Waals surface area contributed by atoms with Crippen LogP contribution in [0.5, 0.6) is 5.75 Å². The van der Waals surface area contributed by atoms with Crippen molar-refractivity contribution in [3.8, 4) is 5.75 Å². The number of hydrogen-bond acceptors (Lipinski definition) is 3. The minimum atomic E-state index is -0.172. The van der Waals surface area contributed by atoms with E-state index < -0.39 is 0 Å². The Labute approximate surface area is 142 Å². The molecule has 4 nitrogen and oxygen atoms in total. The molecule has 1 aromatic carbocycles. The first-order chi connectivity index (χ1) is 10.9. The lowest BCUT2D eigenvalue weighted by molar-refractivity contribution is 0.0741. The number of aryl methyl sites for hydroxylation is 3. The van der Waals surface area contributed by atoms with Crippen LogP contribution in [0.3, 0.4) is 0 Å². The van der Waals surface area contributed by atoms with Gasteiger partial charge in [-0.3, -0.25) is 4.79 Å². The van der Waals surface area contributed by atoms with E-state index in [9.17, 15) is 4.79 Å². The molecule has 23 heavy (non-hydrogen) atoms. The second-order valence-electron chi connectivity index (χ2n) is 5.62. The van der Waals surface area contributed by atoms with Crippen LogP contribution in [-0.2, 0) is 5.88 Å². The SMILES string of the molecule is Cc1cccc(C)c1OCCN(C)C(=O)c1cc(CCl)c(C)o1. The Morgan fingerprint density at radius 1 is 1.26 bits per heavy atom. The van der Waals surface area contributed by atoms with Crippen LogP contribution in [0, 0.1) is 20.8 Å². The highest BCUT2D eigenvalue weighted by Gasteiger charge is 2.18. The zero-order valence-electron chi connectivity index (χ0n) is 14.0. The van der Waals surface area contributed by atoms with Crippen LogP contribution in [0.15, 0.2) is 28.7 Å². The molecule has 5 heteroatoms. The van der Waals surface area contributed by atoms with Crippen molar-refractivity contribution in [1.82, 2.24) is 4.90 Å². The van der Waals surface area contributed by atoms with Crippen LogP contribution in [0.4, 0.5) is 0 Å². The summed E-state index contributed by atoms with van der Waals surface area (Å²) in [5.41, 5.74) is 3.02. The van der Waals surface area contributed by atoms with Crippen molar-refractivity contribution < 1.29 is 13.9 Å². The summed E-state index contributed by atoms with van der Waals surface area (Å²) in [6.45, 7) is 6.73. The molecule has 0 aliphatic carbocycles. The van der Waals surface area contributed by atoms with Gasteiger partial charge in [0, 0.05) is 12.6 Å². The normalized spacial score (nSPS) is 10.7. The molecule has 0 atom stereocenters. The van der Waals surface area contributed by atoms with Crippen LogP contribution >= 0.6 is 11.6 Å². The summed E-state index contributed by atoms with van der Waals surface area (Å²) in [5.74, 6) is 2.04. The summed E-state index contributed by atoms with van der Waals surface area (Å²) in [4.78, 5) is 13.9. The van der Waals surface area contributed by atoms with Gasteiger partial charge in [-0.2, -0.15) is 0 Å². The van der Waals surface area contributed by atoms with E-state index in [1.54, 1.807) is 24.9 Å². The largest absolute Gasteiger partial charge is 0.491 e. The van der Waals surface area contributed by atoms with Gasteiger partial charge in [0.05, 0.1) is 12.4 Å². The molecule has 1 heterocycles. The van der Waals surface area contributed by atoms with E-state index in [1.807, 2.05) is 32.0 Å². The van der Waals surface area contributed by atoms with Gasteiger partial charge in [0.15, 0.2) is 5.76 Å². The maximum atomic E-state index is 12.3. The third kappa shape index (κ3) is 4.08. The summed E-state index contributed by atoms with van der Waals surface area (Å²) < 4.78 is 11.3. The van der Waals surface area contributed by atoms with Gasteiger partial charge in [-0.05, 0) is 38.0 Å². The number of para-hydroxylation sites is 1. The molecule has 2 aromatic rings. The summed E-state index contributed by atoms with van der Waals surface area (Å²) in [6, 6.07) is 7.72. The molecule has 2 rings (SSSR count). The minimum absolute atomic E-state index is 0.172. The molecular weight excluding hydrogens is 314 g/mol. The van der Waals surface area contributed by atoms with E-state index in [1.165, 1.54) is 0 Å². The van der Waals surface area contributed by atoms with Gasteiger partial charge in [-0.1, -0.05) is 18.2 Å². The third-order valence-corrected chi connectivity index (χ3v) is 4.09. The average Bonchev–Trinajstić information content (AvgIpc) is 2.90. The number of nitrogens with zero attached hydrogens (tertiary/aromatic N) is 1. The Kier molecular flexibility index (Phi) is 5.72. The fraction of sp³-hybridized carbons (Fsp3) is 0.389. The predicted octanol–water partition coefficient (Wildman–Crippen LogP) is 4.09. The van der Waals surface area contributed by atoms with Crippen LogP contribution in [0.25, 0.3) is 0 Å². The average molecular weight is 336 g/mol. The lowest BCUT2D eigenvalue weighted by Gasteiger charge is -2.17. The Morgan fingerprint density at radius 2 is 1.91 bits per heavy atom. The summed E-state index contributed by atoms with van der Waals surface area (Å²) in [6.07, 6.45) is 0. The molecule has 0 fully saturated rings. The van der Waals surface area contributed by atoms with E-state index in [4.69, 9.17) is 20.8 Å². The first-order valence-corrected chi connectivity index (χ1v) is 8.07. The maximum absolute atomic E-state index is 12.3. The van der Waals surface area contributed by atoms with Crippen LogP contribution in [0.2, 0.25) is 0 Å². The number of ether oxygens (including phenoxy) is 1. The van der Waals surface area contributed by atoms with E-state index in [2.05, 4.69) is 0 Å². The lowest BCUT2D eigenvalue weighted by atomic mass is 10.1. The molecule has 124 valence electrons. The zero-order valence-corrected chi connectivity index (χ0v) is 14.7. The number of benzene rings is 1. The number of amides is 1. The van der Waals surface area contributed by atoms with Crippen LogP contribution in [-0.4, -0.2) is 31.0 Å². The number of alkyl halides is 1. The number of carbonyl (C=O) groups is 1. The van der Waals surface area contributed by atoms with Crippen molar-refractivity contribution in [2.45, 2.75) is 26.7 Å².